The monoisotopic (exact) mass is 554 g/mol. The Balaban J connectivity index is 1.82. The van der Waals surface area contributed by atoms with Gasteiger partial charge in [-0.15, -0.1) is 0 Å². The average molecular weight is 555 g/mol. The van der Waals surface area contributed by atoms with Crippen LogP contribution in [0.15, 0.2) is 66.2 Å². The Morgan fingerprint density at radius 2 is 1.63 bits per heavy atom. The largest absolute Gasteiger partial charge is 0.507 e. The molecule has 38 heavy (non-hydrogen) atoms. The fourth-order valence-corrected chi connectivity index (χ4v) is 5.11. The SMILES string of the molecule is COc1ccc(CCN2C(=O)C(=O)/C(=C(/O)c3cc(Cl)cc(Cl)c3OC)C2c2ccc(N(C)C)cc2)cc1. The number of Topliss-reactive ketones (excluding diaryl/α,β-unsaturated/α-hetero) is 1. The van der Waals surface area contributed by atoms with Crippen LogP contribution in [-0.4, -0.2) is 56.6 Å². The second-order valence-corrected chi connectivity index (χ2v) is 9.89. The zero-order valence-electron chi connectivity index (χ0n) is 21.5. The standard InChI is InChI=1S/C29H28Cl2N2O5/c1-32(2)20-9-7-18(8-10-20)25-24(26(34)22-15-19(30)16-23(31)28(22)38-4)27(35)29(36)33(25)14-13-17-5-11-21(37-3)12-6-17/h5-12,15-16,25,34H,13-14H2,1-4H3/b26-24+. The molecule has 1 fully saturated rings. The number of ketones is 1. The van der Waals surface area contributed by atoms with Crippen LogP contribution in [0.3, 0.4) is 0 Å². The molecule has 9 heteroatoms. The number of likely N-dealkylation sites (tertiary alicyclic amines) is 1. The third kappa shape index (κ3) is 5.30. The summed E-state index contributed by atoms with van der Waals surface area (Å²) in [5.74, 6) is -1.02. The van der Waals surface area contributed by atoms with Gasteiger partial charge in [0.05, 0.1) is 36.4 Å². The molecule has 0 aliphatic carbocycles. The van der Waals surface area contributed by atoms with Gasteiger partial charge in [0.1, 0.15) is 17.3 Å². The summed E-state index contributed by atoms with van der Waals surface area (Å²) < 4.78 is 10.6. The van der Waals surface area contributed by atoms with Crippen LogP contribution >= 0.6 is 23.2 Å². The van der Waals surface area contributed by atoms with E-state index in [4.69, 9.17) is 32.7 Å². The molecule has 1 aliphatic heterocycles. The van der Waals surface area contributed by atoms with Gasteiger partial charge in [-0.2, -0.15) is 0 Å². The molecule has 0 saturated carbocycles. The van der Waals surface area contributed by atoms with Crippen molar-refractivity contribution in [2.75, 3.05) is 39.8 Å². The lowest BCUT2D eigenvalue weighted by Crippen LogP contribution is -2.31. The van der Waals surface area contributed by atoms with E-state index in [2.05, 4.69) is 0 Å². The third-order valence-electron chi connectivity index (χ3n) is 6.53. The smallest absolute Gasteiger partial charge is 0.295 e. The molecule has 1 saturated heterocycles. The number of methoxy groups -OCH3 is 2. The first-order valence-corrected chi connectivity index (χ1v) is 12.6. The minimum Gasteiger partial charge on any atom is -0.507 e. The number of carbonyl (C=O) groups excluding carboxylic acids is 2. The van der Waals surface area contributed by atoms with Crippen molar-refractivity contribution in [2.24, 2.45) is 0 Å². The Hall–Kier alpha value is -3.68. The second kappa shape index (κ2) is 11.4. The molecule has 1 atom stereocenters. The molecular weight excluding hydrogens is 527 g/mol. The molecule has 0 bridgehead atoms. The van der Waals surface area contributed by atoms with Crippen LogP contribution in [0.2, 0.25) is 10.0 Å². The molecule has 0 aromatic heterocycles. The van der Waals surface area contributed by atoms with E-state index in [0.29, 0.717) is 12.0 Å². The lowest BCUT2D eigenvalue weighted by Gasteiger charge is -2.26. The number of benzene rings is 3. The van der Waals surface area contributed by atoms with Crippen LogP contribution in [0.1, 0.15) is 22.7 Å². The topological polar surface area (TPSA) is 79.3 Å². The molecular formula is C29H28Cl2N2O5. The first-order chi connectivity index (χ1) is 18.2. The molecule has 7 nitrogen and oxygen atoms in total. The second-order valence-electron chi connectivity index (χ2n) is 9.04. The highest BCUT2D eigenvalue weighted by molar-refractivity contribution is 6.46. The highest BCUT2D eigenvalue weighted by Gasteiger charge is 2.46. The molecule has 1 amide bonds. The van der Waals surface area contributed by atoms with Gasteiger partial charge in [-0.05, 0) is 53.9 Å². The van der Waals surface area contributed by atoms with Crippen LogP contribution in [0, 0.1) is 0 Å². The summed E-state index contributed by atoms with van der Waals surface area (Å²) in [7, 11) is 6.84. The number of ether oxygens (including phenoxy) is 2. The quantitative estimate of drug-likeness (QED) is 0.217. The predicted molar refractivity (Wildman–Crippen MR) is 149 cm³/mol. The van der Waals surface area contributed by atoms with Gasteiger partial charge in [0, 0.05) is 31.4 Å². The molecule has 198 valence electrons. The summed E-state index contributed by atoms with van der Waals surface area (Å²) >= 11 is 12.5. The minimum absolute atomic E-state index is 0.0565. The van der Waals surface area contributed by atoms with E-state index in [1.807, 2.05) is 67.5 Å². The van der Waals surface area contributed by atoms with Gasteiger partial charge >= 0.3 is 0 Å². The van der Waals surface area contributed by atoms with Gasteiger partial charge in [0.25, 0.3) is 11.7 Å². The van der Waals surface area contributed by atoms with Gasteiger partial charge < -0.3 is 24.4 Å². The number of amides is 1. The summed E-state index contributed by atoms with van der Waals surface area (Å²) in [4.78, 5) is 30.2. The first-order valence-electron chi connectivity index (χ1n) is 11.9. The number of hydrogen-bond acceptors (Lipinski definition) is 6. The van der Waals surface area contributed by atoms with E-state index in [0.717, 1.165) is 17.0 Å². The van der Waals surface area contributed by atoms with Crippen LogP contribution in [0.25, 0.3) is 5.76 Å². The minimum atomic E-state index is -0.827. The Bertz CT molecular complexity index is 1390. The lowest BCUT2D eigenvalue weighted by atomic mass is 9.94. The Labute approximate surface area is 231 Å². The summed E-state index contributed by atoms with van der Waals surface area (Å²) in [5.41, 5.74) is 2.68. The van der Waals surface area contributed by atoms with E-state index in [1.165, 1.54) is 24.1 Å². The number of aliphatic hydroxyl groups is 1. The molecule has 1 aliphatic rings. The maximum Gasteiger partial charge on any atom is 0.295 e. The summed E-state index contributed by atoms with van der Waals surface area (Å²) in [6.07, 6.45) is 0.496. The number of nitrogens with zero attached hydrogens (tertiary/aromatic N) is 2. The van der Waals surface area contributed by atoms with Gasteiger partial charge in [0.2, 0.25) is 0 Å². The van der Waals surface area contributed by atoms with Crippen molar-refractivity contribution in [1.29, 1.82) is 0 Å². The lowest BCUT2D eigenvalue weighted by molar-refractivity contribution is -0.139. The van der Waals surface area contributed by atoms with E-state index in [1.54, 1.807) is 7.11 Å². The third-order valence-corrected chi connectivity index (χ3v) is 7.03. The zero-order valence-corrected chi connectivity index (χ0v) is 23.0. The van der Waals surface area contributed by atoms with E-state index < -0.39 is 23.5 Å². The van der Waals surface area contributed by atoms with Crippen molar-refractivity contribution in [1.82, 2.24) is 4.90 Å². The Morgan fingerprint density at radius 3 is 2.21 bits per heavy atom. The number of rotatable bonds is 8. The highest BCUT2D eigenvalue weighted by atomic mass is 35.5. The molecule has 4 rings (SSSR count). The number of hydrogen-bond donors (Lipinski definition) is 1. The summed E-state index contributed by atoms with van der Waals surface area (Å²) in [6.45, 7) is 0.251. The number of carbonyl (C=O) groups is 2. The van der Waals surface area contributed by atoms with Crippen molar-refractivity contribution < 1.29 is 24.2 Å². The normalized spacial score (nSPS) is 16.6. The number of aliphatic hydroxyl groups excluding tert-OH is 1. The van der Waals surface area contributed by atoms with Crippen molar-refractivity contribution in [2.45, 2.75) is 12.5 Å². The first kappa shape index (κ1) is 27.4. The Morgan fingerprint density at radius 1 is 0.974 bits per heavy atom. The van der Waals surface area contributed by atoms with Gasteiger partial charge in [-0.1, -0.05) is 47.5 Å². The highest BCUT2D eigenvalue weighted by Crippen LogP contribution is 2.43. The number of anilines is 1. The number of halogens is 2. The summed E-state index contributed by atoms with van der Waals surface area (Å²) in [6, 6.07) is 17.1. The molecule has 0 spiro atoms. The van der Waals surface area contributed by atoms with E-state index in [-0.39, 0.29) is 33.5 Å². The van der Waals surface area contributed by atoms with Crippen LogP contribution < -0.4 is 14.4 Å². The van der Waals surface area contributed by atoms with Crippen LogP contribution in [0.4, 0.5) is 5.69 Å². The Kier molecular flexibility index (Phi) is 8.19. The fourth-order valence-electron chi connectivity index (χ4n) is 4.54. The molecule has 3 aromatic rings. The van der Waals surface area contributed by atoms with Crippen molar-refractivity contribution in [3.05, 3.63) is 93.0 Å². The van der Waals surface area contributed by atoms with Crippen molar-refractivity contribution >= 4 is 46.3 Å². The van der Waals surface area contributed by atoms with Gasteiger partial charge in [-0.3, -0.25) is 9.59 Å². The molecule has 1 unspecified atom stereocenters. The molecule has 1 N–H and O–H groups in total. The van der Waals surface area contributed by atoms with Crippen LogP contribution in [-0.2, 0) is 16.0 Å². The van der Waals surface area contributed by atoms with Crippen LogP contribution in [0.5, 0.6) is 11.5 Å². The van der Waals surface area contributed by atoms with Crippen molar-refractivity contribution in [3.8, 4) is 11.5 Å². The maximum absolute atomic E-state index is 13.4. The maximum atomic E-state index is 13.4. The van der Waals surface area contributed by atoms with Gasteiger partial charge in [0.15, 0.2) is 0 Å². The summed E-state index contributed by atoms with van der Waals surface area (Å²) in [5, 5.41) is 11.9. The zero-order chi connectivity index (χ0) is 27.6. The van der Waals surface area contributed by atoms with Crippen molar-refractivity contribution in [3.63, 3.8) is 0 Å². The molecule has 1 heterocycles. The average Bonchev–Trinajstić information content (AvgIpc) is 3.16. The molecule has 3 aromatic carbocycles. The van der Waals surface area contributed by atoms with E-state index >= 15 is 0 Å². The van der Waals surface area contributed by atoms with Gasteiger partial charge in [-0.25, -0.2) is 0 Å². The molecule has 0 radical (unpaired) electrons. The van der Waals surface area contributed by atoms with E-state index in [9.17, 15) is 14.7 Å². The predicted octanol–water partition coefficient (Wildman–Crippen LogP) is 5.74. The fraction of sp³-hybridized carbons (Fsp3) is 0.241.